The van der Waals surface area contributed by atoms with Crippen molar-refractivity contribution >= 4 is 23.4 Å². The fraction of sp³-hybridized carbons (Fsp3) is 0.375. The van der Waals surface area contributed by atoms with Gasteiger partial charge >= 0.3 is 11.8 Å². The number of hydrogen-bond acceptors (Lipinski definition) is 5. The van der Waals surface area contributed by atoms with Gasteiger partial charge in [-0.25, -0.2) is 5.43 Å². The van der Waals surface area contributed by atoms with Gasteiger partial charge in [-0.3, -0.25) is 14.4 Å². The highest BCUT2D eigenvalue weighted by Crippen LogP contribution is 2.14. The molecule has 1 aromatic carbocycles. The second-order valence-electron chi connectivity index (χ2n) is 5.40. The number of nitrogens with zero attached hydrogens (tertiary/aromatic N) is 2. The molecule has 0 saturated carbocycles. The SMILES string of the molecule is C/C(=N\NC(=O)C(N)=O)c1ccc(OCC(=O)N2CCCC2)cc1. The number of ether oxygens (including phenoxy) is 1. The Labute approximate surface area is 139 Å². The summed E-state index contributed by atoms with van der Waals surface area (Å²) in [5, 5.41) is 3.79. The van der Waals surface area contributed by atoms with Crippen molar-refractivity contribution in [1.29, 1.82) is 0 Å². The first-order valence-electron chi connectivity index (χ1n) is 7.62. The first kappa shape index (κ1) is 17.5. The van der Waals surface area contributed by atoms with Crippen LogP contribution >= 0.6 is 0 Å². The molecule has 128 valence electrons. The number of rotatable bonds is 5. The van der Waals surface area contributed by atoms with Crippen molar-refractivity contribution in [3.05, 3.63) is 29.8 Å². The van der Waals surface area contributed by atoms with Crippen molar-refractivity contribution in [3.63, 3.8) is 0 Å². The summed E-state index contributed by atoms with van der Waals surface area (Å²) in [6, 6.07) is 6.90. The first-order valence-corrected chi connectivity index (χ1v) is 7.62. The number of hydrogen-bond donors (Lipinski definition) is 2. The van der Waals surface area contributed by atoms with Crippen LogP contribution in [0.15, 0.2) is 29.4 Å². The Hall–Kier alpha value is -2.90. The summed E-state index contributed by atoms with van der Waals surface area (Å²) in [5.41, 5.74) is 8.11. The Balaban J connectivity index is 1.87. The van der Waals surface area contributed by atoms with Crippen LogP contribution in [0, 0.1) is 0 Å². The summed E-state index contributed by atoms with van der Waals surface area (Å²) in [6.07, 6.45) is 2.09. The molecule has 0 spiro atoms. The summed E-state index contributed by atoms with van der Waals surface area (Å²) < 4.78 is 5.48. The van der Waals surface area contributed by atoms with Crippen molar-refractivity contribution in [2.75, 3.05) is 19.7 Å². The van der Waals surface area contributed by atoms with Gasteiger partial charge in [0.25, 0.3) is 5.91 Å². The smallest absolute Gasteiger partial charge is 0.329 e. The van der Waals surface area contributed by atoms with Gasteiger partial charge in [0.15, 0.2) is 6.61 Å². The molecule has 24 heavy (non-hydrogen) atoms. The fourth-order valence-corrected chi connectivity index (χ4v) is 2.25. The van der Waals surface area contributed by atoms with Crippen molar-refractivity contribution in [1.82, 2.24) is 10.3 Å². The van der Waals surface area contributed by atoms with E-state index in [9.17, 15) is 14.4 Å². The number of amides is 3. The quantitative estimate of drug-likeness (QED) is 0.449. The summed E-state index contributed by atoms with van der Waals surface area (Å²) in [6.45, 7) is 3.29. The minimum absolute atomic E-state index is 0.0107. The largest absolute Gasteiger partial charge is 0.484 e. The number of benzene rings is 1. The number of likely N-dealkylation sites (tertiary alicyclic amines) is 1. The number of carbonyl (C=O) groups excluding carboxylic acids is 3. The zero-order valence-corrected chi connectivity index (χ0v) is 13.4. The van der Waals surface area contributed by atoms with Crippen LogP contribution in [-0.2, 0) is 14.4 Å². The predicted molar refractivity (Wildman–Crippen MR) is 87.3 cm³/mol. The summed E-state index contributed by atoms with van der Waals surface area (Å²) >= 11 is 0. The molecule has 1 saturated heterocycles. The molecule has 1 fully saturated rings. The van der Waals surface area contributed by atoms with Crippen LogP contribution in [0.5, 0.6) is 5.75 Å². The van der Waals surface area contributed by atoms with Crippen LogP contribution in [-0.4, -0.2) is 48.0 Å². The fourth-order valence-electron chi connectivity index (χ4n) is 2.25. The predicted octanol–water partition coefficient (Wildman–Crippen LogP) is 0.0133. The Morgan fingerprint density at radius 2 is 1.83 bits per heavy atom. The Kier molecular flexibility index (Phi) is 5.89. The summed E-state index contributed by atoms with van der Waals surface area (Å²) in [5.74, 6) is -1.52. The number of nitrogens with one attached hydrogen (secondary N) is 1. The van der Waals surface area contributed by atoms with Crippen LogP contribution in [0.3, 0.4) is 0 Å². The van der Waals surface area contributed by atoms with Gasteiger partial charge in [-0.1, -0.05) is 0 Å². The monoisotopic (exact) mass is 332 g/mol. The molecule has 3 amide bonds. The maximum absolute atomic E-state index is 11.9. The molecule has 8 nitrogen and oxygen atoms in total. The van der Waals surface area contributed by atoms with Gasteiger partial charge in [0.1, 0.15) is 5.75 Å². The third kappa shape index (κ3) is 4.80. The van der Waals surface area contributed by atoms with Gasteiger partial charge in [-0.15, -0.1) is 0 Å². The zero-order chi connectivity index (χ0) is 17.5. The highest BCUT2D eigenvalue weighted by Gasteiger charge is 2.18. The molecule has 0 radical (unpaired) electrons. The molecule has 1 heterocycles. The van der Waals surface area contributed by atoms with E-state index in [1.165, 1.54) is 0 Å². The normalized spacial score (nSPS) is 14.4. The maximum Gasteiger partial charge on any atom is 0.329 e. The lowest BCUT2D eigenvalue weighted by molar-refractivity contribution is -0.137. The average Bonchev–Trinajstić information content (AvgIpc) is 3.12. The highest BCUT2D eigenvalue weighted by molar-refractivity contribution is 6.34. The number of primary amides is 1. The van der Waals surface area contributed by atoms with Crippen LogP contribution < -0.4 is 15.9 Å². The van der Waals surface area contributed by atoms with E-state index in [2.05, 4.69) is 10.5 Å². The topological polar surface area (TPSA) is 114 Å². The van der Waals surface area contributed by atoms with Gasteiger partial charge in [0.2, 0.25) is 0 Å². The molecule has 2 rings (SSSR count). The molecule has 0 unspecified atom stereocenters. The van der Waals surface area contributed by atoms with E-state index in [1.54, 1.807) is 36.1 Å². The van der Waals surface area contributed by atoms with Crippen LogP contribution in [0.1, 0.15) is 25.3 Å². The van der Waals surface area contributed by atoms with E-state index in [0.717, 1.165) is 31.5 Å². The van der Waals surface area contributed by atoms with Crippen LogP contribution in [0.4, 0.5) is 0 Å². The highest BCUT2D eigenvalue weighted by atomic mass is 16.5. The van der Waals surface area contributed by atoms with E-state index in [4.69, 9.17) is 10.5 Å². The van der Waals surface area contributed by atoms with E-state index >= 15 is 0 Å². The van der Waals surface area contributed by atoms with Gasteiger partial charge < -0.3 is 15.4 Å². The molecular formula is C16H20N4O4. The number of hydrazone groups is 1. The van der Waals surface area contributed by atoms with Crippen molar-refractivity contribution in [3.8, 4) is 5.75 Å². The minimum Gasteiger partial charge on any atom is -0.484 e. The van der Waals surface area contributed by atoms with Crippen LogP contribution in [0.25, 0.3) is 0 Å². The van der Waals surface area contributed by atoms with E-state index in [0.29, 0.717) is 11.5 Å². The van der Waals surface area contributed by atoms with Crippen molar-refractivity contribution in [2.24, 2.45) is 10.8 Å². The summed E-state index contributed by atoms with van der Waals surface area (Å²) in [7, 11) is 0. The molecule has 0 bridgehead atoms. The maximum atomic E-state index is 11.9. The third-order valence-corrected chi connectivity index (χ3v) is 3.64. The second kappa shape index (κ2) is 8.09. The lowest BCUT2D eigenvalue weighted by Gasteiger charge is -2.15. The van der Waals surface area contributed by atoms with Crippen molar-refractivity contribution < 1.29 is 19.1 Å². The Morgan fingerprint density at radius 3 is 2.42 bits per heavy atom. The molecule has 0 aliphatic carbocycles. The van der Waals surface area contributed by atoms with Crippen molar-refractivity contribution in [2.45, 2.75) is 19.8 Å². The molecule has 8 heteroatoms. The van der Waals surface area contributed by atoms with Gasteiger partial charge in [-0.05, 0) is 49.6 Å². The average molecular weight is 332 g/mol. The zero-order valence-electron chi connectivity index (χ0n) is 13.4. The van der Waals surface area contributed by atoms with Gasteiger partial charge in [-0.2, -0.15) is 5.10 Å². The Morgan fingerprint density at radius 1 is 1.21 bits per heavy atom. The molecule has 0 atom stereocenters. The lowest BCUT2D eigenvalue weighted by Crippen LogP contribution is -2.33. The third-order valence-electron chi connectivity index (χ3n) is 3.64. The van der Waals surface area contributed by atoms with E-state index in [1.807, 2.05) is 0 Å². The number of carbonyl (C=O) groups is 3. The first-order chi connectivity index (χ1) is 11.5. The molecule has 1 aliphatic rings. The Bertz CT molecular complexity index is 649. The molecule has 3 N–H and O–H groups in total. The lowest BCUT2D eigenvalue weighted by atomic mass is 10.1. The molecular weight excluding hydrogens is 312 g/mol. The van der Waals surface area contributed by atoms with E-state index < -0.39 is 11.8 Å². The molecule has 0 aromatic heterocycles. The minimum atomic E-state index is -1.10. The molecule has 1 aliphatic heterocycles. The van der Waals surface area contributed by atoms with Crippen LogP contribution in [0.2, 0.25) is 0 Å². The summed E-state index contributed by atoms with van der Waals surface area (Å²) in [4.78, 5) is 35.4. The number of nitrogens with two attached hydrogens (primary N) is 1. The standard InChI is InChI=1S/C16H20N4O4/c1-11(18-19-16(23)15(17)22)12-4-6-13(7-5-12)24-10-14(21)20-8-2-3-9-20/h4-7H,2-3,8-10H2,1H3,(H2,17,22)(H,19,23)/b18-11+. The van der Waals surface area contributed by atoms with E-state index in [-0.39, 0.29) is 12.5 Å². The second-order valence-corrected chi connectivity index (χ2v) is 5.40. The molecule has 1 aromatic rings. The van der Waals surface area contributed by atoms with Gasteiger partial charge in [0.05, 0.1) is 5.71 Å². The van der Waals surface area contributed by atoms with Gasteiger partial charge in [0, 0.05) is 13.1 Å².